The van der Waals surface area contributed by atoms with Crippen LogP contribution in [0, 0.1) is 17.5 Å². The van der Waals surface area contributed by atoms with Crippen molar-refractivity contribution in [2.75, 3.05) is 39.3 Å². The van der Waals surface area contributed by atoms with E-state index in [1.54, 1.807) is 0 Å². The minimum atomic E-state index is -1.63. The summed E-state index contributed by atoms with van der Waals surface area (Å²) in [5.41, 5.74) is -0.482. The number of benzene rings is 1. The molecule has 118 valence electrons. The van der Waals surface area contributed by atoms with Crippen molar-refractivity contribution in [3.63, 3.8) is 0 Å². The van der Waals surface area contributed by atoms with E-state index in [0.717, 1.165) is 38.3 Å². The van der Waals surface area contributed by atoms with Crippen molar-refractivity contribution in [1.29, 1.82) is 0 Å². The summed E-state index contributed by atoms with van der Waals surface area (Å²) in [4.78, 5) is 13.9. The molecule has 1 heterocycles. The van der Waals surface area contributed by atoms with E-state index in [2.05, 4.69) is 15.5 Å². The molecule has 0 unspecified atom stereocenters. The number of carbonyl (C=O) groups is 1. The van der Waals surface area contributed by atoms with Crippen molar-refractivity contribution >= 4 is 18.3 Å². The zero-order valence-electron chi connectivity index (χ0n) is 11.3. The Morgan fingerprint density at radius 1 is 1.19 bits per heavy atom. The Kier molecular flexibility index (Phi) is 6.94. The number of halogens is 4. The lowest BCUT2D eigenvalue weighted by Gasteiger charge is -2.27. The highest BCUT2D eigenvalue weighted by atomic mass is 35.5. The number of hydrogen-bond donors (Lipinski definition) is 2. The van der Waals surface area contributed by atoms with E-state index in [0.29, 0.717) is 13.1 Å². The summed E-state index contributed by atoms with van der Waals surface area (Å²) in [6.07, 6.45) is 0. The van der Waals surface area contributed by atoms with Gasteiger partial charge in [0, 0.05) is 39.3 Å². The van der Waals surface area contributed by atoms with Crippen molar-refractivity contribution in [1.82, 2.24) is 15.5 Å². The fraction of sp³-hybridized carbons (Fsp3) is 0.462. The Morgan fingerprint density at radius 3 is 2.52 bits per heavy atom. The van der Waals surface area contributed by atoms with Crippen LogP contribution in [0.2, 0.25) is 0 Å². The summed E-state index contributed by atoms with van der Waals surface area (Å²) in [7, 11) is 0. The maximum atomic E-state index is 13.4. The van der Waals surface area contributed by atoms with E-state index >= 15 is 0 Å². The van der Waals surface area contributed by atoms with E-state index < -0.39 is 28.9 Å². The summed E-state index contributed by atoms with van der Waals surface area (Å²) in [5, 5.41) is 5.71. The quantitative estimate of drug-likeness (QED) is 0.817. The largest absolute Gasteiger partial charge is 0.351 e. The second kappa shape index (κ2) is 8.21. The normalized spacial score (nSPS) is 15.4. The number of hydrogen-bond acceptors (Lipinski definition) is 3. The zero-order chi connectivity index (χ0) is 14.5. The molecule has 1 saturated heterocycles. The van der Waals surface area contributed by atoms with E-state index in [9.17, 15) is 18.0 Å². The molecular weight excluding hydrogens is 307 g/mol. The smallest absolute Gasteiger partial charge is 0.254 e. The van der Waals surface area contributed by atoms with Gasteiger partial charge in [-0.3, -0.25) is 9.69 Å². The van der Waals surface area contributed by atoms with Crippen LogP contribution in [-0.2, 0) is 0 Å². The van der Waals surface area contributed by atoms with Crippen LogP contribution < -0.4 is 10.6 Å². The number of carbonyl (C=O) groups excluding carboxylic acids is 1. The lowest BCUT2D eigenvalue weighted by atomic mass is 10.2. The van der Waals surface area contributed by atoms with Crippen LogP contribution in [0.1, 0.15) is 10.4 Å². The molecule has 0 aliphatic carbocycles. The van der Waals surface area contributed by atoms with Gasteiger partial charge in [-0.05, 0) is 12.1 Å². The molecule has 0 saturated carbocycles. The standard InChI is InChI=1S/C13H16F3N3O.ClH/c14-10-2-1-9(11(15)12(10)16)13(20)18-5-8-19-6-3-17-4-7-19;/h1-2,17H,3-8H2,(H,18,20);1H. The van der Waals surface area contributed by atoms with Crippen LogP contribution >= 0.6 is 12.4 Å². The minimum Gasteiger partial charge on any atom is -0.351 e. The third kappa shape index (κ3) is 4.59. The second-order valence-corrected chi connectivity index (χ2v) is 4.57. The number of piperazine rings is 1. The lowest BCUT2D eigenvalue weighted by Crippen LogP contribution is -2.46. The topological polar surface area (TPSA) is 44.4 Å². The predicted octanol–water partition coefficient (Wildman–Crippen LogP) is 1.16. The first-order valence-corrected chi connectivity index (χ1v) is 6.44. The molecule has 0 bridgehead atoms. The highest BCUT2D eigenvalue weighted by molar-refractivity contribution is 5.94. The van der Waals surface area contributed by atoms with Gasteiger partial charge in [-0.15, -0.1) is 12.4 Å². The van der Waals surface area contributed by atoms with E-state index in [1.807, 2.05) is 0 Å². The van der Waals surface area contributed by atoms with Gasteiger partial charge in [-0.1, -0.05) is 0 Å². The van der Waals surface area contributed by atoms with Crippen LogP contribution in [-0.4, -0.2) is 50.1 Å². The zero-order valence-corrected chi connectivity index (χ0v) is 12.1. The van der Waals surface area contributed by atoms with Gasteiger partial charge in [0.05, 0.1) is 5.56 Å². The van der Waals surface area contributed by atoms with Gasteiger partial charge in [-0.25, -0.2) is 13.2 Å². The Bertz CT molecular complexity index is 496. The minimum absolute atomic E-state index is 0. The van der Waals surface area contributed by atoms with Crippen LogP contribution in [0.25, 0.3) is 0 Å². The molecule has 0 spiro atoms. The Labute approximate surface area is 127 Å². The maximum absolute atomic E-state index is 13.4. The van der Waals surface area contributed by atoms with Gasteiger partial charge < -0.3 is 10.6 Å². The van der Waals surface area contributed by atoms with Gasteiger partial charge >= 0.3 is 0 Å². The highest BCUT2D eigenvalue weighted by Crippen LogP contribution is 2.14. The Hall–Kier alpha value is -1.31. The molecule has 1 aromatic carbocycles. The van der Waals surface area contributed by atoms with Gasteiger partial charge in [0.1, 0.15) is 0 Å². The van der Waals surface area contributed by atoms with Crippen LogP contribution in [0.3, 0.4) is 0 Å². The van der Waals surface area contributed by atoms with Crippen molar-refractivity contribution in [3.05, 3.63) is 35.1 Å². The predicted molar refractivity (Wildman–Crippen MR) is 75.2 cm³/mol. The molecule has 4 nitrogen and oxygen atoms in total. The number of amides is 1. The number of nitrogens with zero attached hydrogens (tertiary/aromatic N) is 1. The molecular formula is C13H17ClF3N3O. The molecule has 0 atom stereocenters. The van der Waals surface area contributed by atoms with E-state index in [-0.39, 0.29) is 12.4 Å². The fourth-order valence-electron chi connectivity index (χ4n) is 2.06. The second-order valence-electron chi connectivity index (χ2n) is 4.57. The molecule has 0 aromatic heterocycles. The lowest BCUT2D eigenvalue weighted by molar-refractivity contribution is 0.0942. The van der Waals surface area contributed by atoms with Gasteiger partial charge in [0.25, 0.3) is 5.91 Å². The average Bonchev–Trinajstić information content (AvgIpc) is 2.46. The Morgan fingerprint density at radius 2 is 1.86 bits per heavy atom. The summed E-state index contributed by atoms with van der Waals surface area (Å²) in [5.74, 6) is -5.12. The summed E-state index contributed by atoms with van der Waals surface area (Å²) < 4.78 is 39.2. The molecule has 2 rings (SSSR count). The molecule has 2 N–H and O–H groups in total. The molecule has 0 radical (unpaired) electrons. The monoisotopic (exact) mass is 323 g/mol. The molecule has 1 amide bonds. The van der Waals surface area contributed by atoms with Crippen molar-refractivity contribution in [2.45, 2.75) is 0 Å². The van der Waals surface area contributed by atoms with Crippen LogP contribution in [0.4, 0.5) is 13.2 Å². The van der Waals surface area contributed by atoms with Crippen molar-refractivity contribution < 1.29 is 18.0 Å². The third-order valence-electron chi connectivity index (χ3n) is 3.20. The highest BCUT2D eigenvalue weighted by Gasteiger charge is 2.18. The molecule has 8 heteroatoms. The number of nitrogens with one attached hydrogen (secondary N) is 2. The van der Waals surface area contributed by atoms with Crippen molar-refractivity contribution in [2.24, 2.45) is 0 Å². The van der Waals surface area contributed by atoms with Crippen LogP contribution in [0.15, 0.2) is 12.1 Å². The van der Waals surface area contributed by atoms with Crippen molar-refractivity contribution in [3.8, 4) is 0 Å². The fourth-order valence-corrected chi connectivity index (χ4v) is 2.06. The summed E-state index contributed by atoms with van der Waals surface area (Å²) in [6, 6.07) is 1.68. The SMILES string of the molecule is Cl.O=C(NCCN1CCNCC1)c1ccc(F)c(F)c1F. The first kappa shape index (κ1) is 17.7. The molecule has 1 fully saturated rings. The number of rotatable bonds is 4. The molecule has 21 heavy (non-hydrogen) atoms. The van der Waals surface area contributed by atoms with E-state index in [4.69, 9.17) is 0 Å². The van der Waals surface area contributed by atoms with Gasteiger partial charge in [-0.2, -0.15) is 0 Å². The summed E-state index contributed by atoms with van der Waals surface area (Å²) in [6.45, 7) is 4.53. The Balaban J connectivity index is 0.00000220. The average molecular weight is 324 g/mol. The molecule has 1 aliphatic rings. The molecule has 1 aliphatic heterocycles. The van der Waals surface area contributed by atoms with Crippen LogP contribution in [0.5, 0.6) is 0 Å². The van der Waals surface area contributed by atoms with Gasteiger partial charge in [0.15, 0.2) is 17.5 Å². The first-order valence-electron chi connectivity index (χ1n) is 6.44. The summed E-state index contributed by atoms with van der Waals surface area (Å²) >= 11 is 0. The third-order valence-corrected chi connectivity index (χ3v) is 3.20. The maximum Gasteiger partial charge on any atom is 0.254 e. The first-order chi connectivity index (χ1) is 9.59. The van der Waals surface area contributed by atoms with Gasteiger partial charge in [0.2, 0.25) is 0 Å². The van der Waals surface area contributed by atoms with E-state index in [1.165, 1.54) is 0 Å². The molecule has 1 aromatic rings.